The first-order valence-corrected chi connectivity index (χ1v) is 8.16. The molecule has 0 radical (unpaired) electrons. The van der Waals surface area contributed by atoms with Gasteiger partial charge in [-0.1, -0.05) is 6.07 Å². The van der Waals surface area contributed by atoms with E-state index in [1.54, 1.807) is 22.7 Å². The van der Waals surface area contributed by atoms with E-state index in [0.29, 0.717) is 5.69 Å². The second kappa shape index (κ2) is 7.32. The van der Waals surface area contributed by atoms with E-state index in [1.807, 2.05) is 0 Å². The Kier molecular flexibility index (Phi) is 5.07. The van der Waals surface area contributed by atoms with E-state index in [0.717, 1.165) is 6.07 Å². The summed E-state index contributed by atoms with van der Waals surface area (Å²) in [6, 6.07) is 7.29. The Labute approximate surface area is 158 Å². The van der Waals surface area contributed by atoms with Gasteiger partial charge in [-0.3, -0.25) is 4.79 Å². The maximum atomic E-state index is 13.6. The highest BCUT2D eigenvalue weighted by molar-refractivity contribution is 5.81. The SMILES string of the molecule is COC(=O)[C@@H](N)Cc1ccc(-c2ccc(C#N)cc2C(F)(F)F)c2nccn12. The summed E-state index contributed by atoms with van der Waals surface area (Å²) in [4.78, 5) is 15.7. The first-order valence-electron chi connectivity index (χ1n) is 8.16. The Morgan fingerprint density at radius 1 is 1.32 bits per heavy atom. The number of alkyl halides is 3. The number of nitrogens with zero attached hydrogens (tertiary/aromatic N) is 3. The molecule has 0 fully saturated rings. The van der Waals surface area contributed by atoms with Crippen LogP contribution in [0.15, 0.2) is 42.7 Å². The highest BCUT2D eigenvalue weighted by Gasteiger charge is 2.34. The van der Waals surface area contributed by atoms with Gasteiger partial charge < -0.3 is 14.9 Å². The molecule has 0 saturated heterocycles. The number of carbonyl (C=O) groups is 1. The summed E-state index contributed by atoms with van der Waals surface area (Å²) in [7, 11) is 1.22. The van der Waals surface area contributed by atoms with Gasteiger partial charge in [0.05, 0.1) is 24.3 Å². The molecule has 3 rings (SSSR count). The van der Waals surface area contributed by atoms with Crippen molar-refractivity contribution in [3.05, 3.63) is 59.5 Å². The van der Waals surface area contributed by atoms with Gasteiger partial charge in [0.2, 0.25) is 0 Å². The van der Waals surface area contributed by atoms with Gasteiger partial charge in [-0.2, -0.15) is 18.4 Å². The van der Waals surface area contributed by atoms with Gasteiger partial charge in [-0.25, -0.2) is 4.98 Å². The largest absolute Gasteiger partial charge is 0.468 e. The molecule has 0 spiro atoms. The van der Waals surface area contributed by atoms with E-state index in [-0.39, 0.29) is 28.8 Å². The molecule has 28 heavy (non-hydrogen) atoms. The molecular formula is C19H15F3N4O2. The summed E-state index contributed by atoms with van der Waals surface area (Å²) in [6.07, 6.45) is -1.49. The van der Waals surface area contributed by atoms with E-state index >= 15 is 0 Å². The molecule has 0 aliphatic rings. The number of esters is 1. The molecule has 0 saturated carbocycles. The van der Waals surface area contributed by atoms with Crippen LogP contribution in [0, 0.1) is 11.3 Å². The van der Waals surface area contributed by atoms with Crippen LogP contribution >= 0.6 is 0 Å². The van der Waals surface area contributed by atoms with Crippen molar-refractivity contribution in [3.8, 4) is 17.2 Å². The second-order valence-electron chi connectivity index (χ2n) is 6.06. The average molecular weight is 388 g/mol. The number of hydrogen-bond acceptors (Lipinski definition) is 5. The number of nitriles is 1. The third kappa shape index (κ3) is 3.54. The summed E-state index contributed by atoms with van der Waals surface area (Å²) >= 11 is 0. The van der Waals surface area contributed by atoms with Crippen LogP contribution in [-0.2, 0) is 22.1 Å². The van der Waals surface area contributed by atoms with Gasteiger partial charge in [-0.05, 0) is 29.8 Å². The highest BCUT2D eigenvalue weighted by Crippen LogP contribution is 2.39. The molecule has 9 heteroatoms. The Morgan fingerprint density at radius 3 is 2.68 bits per heavy atom. The van der Waals surface area contributed by atoms with Crippen molar-refractivity contribution in [1.29, 1.82) is 5.26 Å². The number of aromatic nitrogens is 2. The van der Waals surface area contributed by atoms with Crippen molar-refractivity contribution in [3.63, 3.8) is 0 Å². The van der Waals surface area contributed by atoms with Gasteiger partial charge in [-0.15, -0.1) is 0 Å². The number of nitrogens with two attached hydrogens (primary N) is 1. The van der Waals surface area contributed by atoms with Crippen molar-refractivity contribution < 1.29 is 22.7 Å². The normalized spacial score (nSPS) is 12.6. The van der Waals surface area contributed by atoms with Crippen molar-refractivity contribution in [2.24, 2.45) is 5.73 Å². The van der Waals surface area contributed by atoms with Crippen LogP contribution in [0.4, 0.5) is 13.2 Å². The quantitative estimate of drug-likeness (QED) is 0.694. The lowest BCUT2D eigenvalue weighted by molar-refractivity contribution is -0.142. The van der Waals surface area contributed by atoms with Gasteiger partial charge in [0.15, 0.2) is 0 Å². The molecule has 2 N–H and O–H groups in total. The van der Waals surface area contributed by atoms with Crippen LogP contribution in [0.2, 0.25) is 0 Å². The zero-order valence-corrected chi connectivity index (χ0v) is 14.7. The fourth-order valence-electron chi connectivity index (χ4n) is 2.99. The molecule has 144 valence electrons. The van der Waals surface area contributed by atoms with Gasteiger partial charge >= 0.3 is 12.1 Å². The number of carbonyl (C=O) groups excluding carboxylic acids is 1. The minimum absolute atomic E-state index is 0.0869. The predicted octanol–water partition coefficient (Wildman–Crippen LogP) is 2.93. The van der Waals surface area contributed by atoms with Crippen LogP contribution in [0.5, 0.6) is 0 Å². The number of halogens is 3. The zero-order valence-electron chi connectivity index (χ0n) is 14.7. The first-order chi connectivity index (χ1) is 13.3. The second-order valence-corrected chi connectivity index (χ2v) is 6.06. The molecule has 2 heterocycles. The van der Waals surface area contributed by atoms with Gasteiger partial charge in [0.1, 0.15) is 11.7 Å². The van der Waals surface area contributed by atoms with Crippen molar-refractivity contribution >= 4 is 11.6 Å². The molecule has 2 aromatic heterocycles. The standard InChI is InChI=1S/C19H15F3N4O2/c1-28-18(27)16(24)9-12-3-5-14(17-25-6-7-26(12)17)13-4-2-11(10-23)8-15(13)19(20,21)22/h2-8,16H,9,24H2,1H3/t16-/m0/s1. The lowest BCUT2D eigenvalue weighted by atomic mass is 9.97. The van der Waals surface area contributed by atoms with E-state index in [1.165, 1.54) is 31.5 Å². The summed E-state index contributed by atoms with van der Waals surface area (Å²) < 4.78 is 46.8. The number of ether oxygens (including phenoxy) is 1. The van der Waals surface area contributed by atoms with E-state index in [2.05, 4.69) is 9.72 Å². The molecule has 3 aromatic rings. The molecule has 1 atom stereocenters. The fourth-order valence-corrected chi connectivity index (χ4v) is 2.99. The summed E-state index contributed by atoms with van der Waals surface area (Å²) in [5.41, 5.74) is 5.82. The highest BCUT2D eigenvalue weighted by atomic mass is 19.4. The molecule has 0 aliphatic heterocycles. The maximum Gasteiger partial charge on any atom is 0.417 e. The number of methoxy groups -OCH3 is 1. The average Bonchev–Trinajstić information content (AvgIpc) is 3.16. The van der Waals surface area contributed by atoms with Crippen LogP contribution < -0.4 is 5.73 Å². The number of pyridine rings is 1. The van der Waals surface area contributed by atoms with Crippen LogP contribution in [-0.4, -0.2) is 28.5 Å². The Morgan fingerprint density at radius 2 is 2.04 bits per heavy atom. The molecule has 0 aliphatic carbocycles. The molecule has 0 amide bonds. The van der Waals surface area contributed by atoms with Crippen LogP contribution in [0.3, 0.4) is 0 Å². The van der Waals surface area contributed by atoms with Crippen LogP contribution in [0.25, 0.3) is 16.8 Å². The van der Waals surface area contributed by atoms with E-state index in [9.17, 15) is 18.0 Å². The zero-order chi connectivity index (χ0) is 20.5. The monoisotopic (exact) mass is 388 g/mol. The summed E-state index contributed by atoms with van der Waals surface area (Å²) in [5, 5.41) is 8.93. The minimum atomic E-state index is -4.64. The van der Waals surface area contributed by atoms with Crippen molar-refractivity contribution in [2.45, 2.75) is 18.6 Å². The van der Waals surface area contributed by atoms with E-state index < -0.39 is 23.8 Å². The summed E-state index contributed by atoms with van der Waals surface area (Å²) in [6.45, 7) is 0. The topological polar surface area (TPSA) is 93.4 Å². The molecule has 0 bridgehead atoms. The third-order valence-electron chi connectivity index (χ3n) is 4.31. The van der Waals surface area contributed by atoms with Crippen LogP contribution in [0.1, 0.15) is 16.8 Å². The summed E-state index contributed by atoms with van der Waals surface area (Å²) in [5.74, 6) is -0.594. The van der Waals surface area contributed by atoms with Gasteiger partial charge in [0, 0.05) is 30.1 Å². The number of rotatable bonds is 4. The van der Waals surface area contributed by atoms with Crippen molar-refractivity contribution in [1.82, 2.24) is 9.38 Å². The third-order valence-corrected chi connectivity index (χ3v) is 4.31. The Hall–Kier alpha value is -3.38. The Bertz CT molecular complexity index is 1080. The first kappa shape index (κ1) is 19.4. The number of imidazole rings is 1. The number of benzene rings is 1. The smallest absolute Gasteiger partial charge is 0.417 e. The van der Waals surface area contributed by atoms with E-state index in [4.69, 9.17) is 11.0 Å². The fraction of sp³-hybridized carbons (Fsp3) is 0.211. The number of hydrogen-bond donors (Lipinski definition) is 1. The molecule has 6 nitrogen and oxygen atoms in total. The lowest BCUT2D eigenvalue weighted by Gasteiger charge is -2.16. The maximum absolute atomic E-state index is 13.6. The molecule has 1 aromatic carbocycles. The predicted molar refractivity (Wildman–Crippen MR) is 94.0 cm³/mol. The number of fused-ring (bicyclic) bond motifs is 1. The Balaban J connectivity index is 2.15. The van der Waals surface area contributed by atoms with Crippen molar-refractivity contribution in [2.75, 3.05) is 7.11 Å². The lowest BCUT2D eigenvalue weighted by Crippen LogP contribution is -2.34. The van der Waals surface area contributed by atoms with Gasteiger partial charge in [0.25, 0.3) is 0 Å². The molecule has 0 unspecified atom stereocenters. The minimum Gasteiger partial charge on any atom is -0.468 e. The molecular weight excluding hydrogens is 373 g/mol.